The molecular formula is C24H20N2O2S. The third kappa shape index (κ3) is 4.20. The summed E-state index contributed by atoms with van der Waals surface area (Å²) in [6, 6.07) is 29.8. The summed E-state index contributed by atoms with van der Waals surface area (Å²) in [6.45, 7) is 1.91. The average Bonchev–Trinajstić information content (AvgIpc) is 2.74. The van der Waals surface area contributed by atoms with Crippen LogP contribution in [0.25, 0.3) is 10.8 Å². The van der Waals surface area contributed by atoms with Gasteiger partial charge in [-0.15, -0.1) is 4.40 Å². The summed E-state index contributed by atoms with van der Waals surface area (Å²) in [4.78, 5) is 0.163. The normalized spacial score (nSPS) is 12.1. The molecule has 0 atom stereocenters. The van der Waals surface area contributed by atoms with Crippen molar-refractivity contribution in [2.24, 2.45) is 4.40 Å². The van der Waals surface area contributed by atoms with Gasteiger partial charge in [0.2, 0.25) is 0 Å². The summed E-state index contributed by atoms with van der Waals surface area (Å²) >= 11 is 0. The van der Waals surface area contributed by atoms with E-state index < -0.39 is 10.0 Å². The molecule has 0 unspecified atom stereocenters. The van der Waals surface area contributed by atoms with Gasteiger partial charge in [0.1, 0.15) is 0 Å². The zero-order valence-corrected chi connectivity index (χ0v) is 16.7. The van der Waals surface area contributed by atoms with E-state index in [1.165, 1.54) is 0 Å². The number of aryl methyl sites for hydroxylation is 1. The summed E-state index contributed by atoms with van der Waals surface area (Å²) in [7, 11) is -3.87. The van der Waals surface area contributed by atoms with Crippen LogP contribution in [-0.2, 0) is 10.0 Å². The standard InChI is InChI=1S/C24H20N2O2S/c1-18-14-16-21(17-15-18)29(27,28)26-24(20-9-3-2-4-10-20)25-23-13-7-11-19-8-5-6-12-22(19)23/h2-17H,1H3,(H,25,26). The molecular weight excluding hydrogens is 380 g/mol. The number of anilines is 1. The summed E-state index contributed by atoms with van der Waals surface area (Å²) < 4.78 is 30.1. The molecule has 0 saturated carbocycles. The van der Waals surface area contributed by atoms with Crippen molar-refractivity contribution >= 4 is 32.3 Å². The number of sulfonamides is 1. The zero-order valence-electron chi connectivity index (χ0n) is 15.9. The van der Waals surface area contributed by atoms with Gasteiger partial charge in [0.05, 0.1) is 4.90 Å². The van der Waals surface area contributed by atoms with E-state index in [-0.39, 0.29) is 10.7 Å². The van der Waals surface area contributed by atoms with Crippen molar-refractivity contribution in [2.75, 3.05) is 5.32 Å². The highest BCUT2D eigenvalue weighted by atomic mass is 32.2. The minimum absolute atomic E-state index is 0.163. The molecule has 0 heterocycles. The second kappa shape index (κ2) is 7.89. The summed E-state index contributed by atoms with van der Waals surface area (Å²) in [5.41, 5.74) is 2.48. The van der Waals surface area contributed by atoms with Crippen molar-refractivity contribution in [1.29, 1.82) is 0 Å². The Bertz CT molecular complexity index is 1270. The summed E-state index contributed by atoms with van der Waals surface area (Å²) in [5, 5.41) is 5.30. The predicted molar refractivity (Wildman–Crippen MR) is 119 cm³/mol. The van der Waals surface area contributed by atoms with Crippen LogP contribution in [0.5, 0.6) is 0 Å². The maximum Gasteiger partial charge on any atom is 0.284 e. The van der Waals surface area contributed by atoms with Crippen LogP contribution in [0.4, 0.5) is 5.69 Å². The molecule has 4 nitrogen and oxygen atoms in total. The fourth-order valence-corrected chi connectivity index (χ4v) is 4.07. The van der Waals surface area contributed by atoms with Crippen molar-refractivity contribution in [3.05, 3.63) is 108 Å². The number of nitrogens with zero attached hydrogens (tertiary/aromatic N) is 1. The number of amidine groups is 1. The van der Waals surface area contributed by atoms with Crippen molar-refractivity contribution in [3.8, 4) is 0 Å². The Labute approximate surface area is 170 Å². The second-order valence-corrected chi connectivity index (χ2v) is 8.35. The highest BCUT2D eigenvalue weighted by Crippen LogP contribution is 2.24. The van der Waals surface area contributed by atoms with E-state index in [1.54, 1.807) is 24.3 Å². The molecule has 4 aromatic carbocycles. The van der Waals surface area contributed by atoms with Crippen LogP contribution in [-0.4, -0.2) is 14.3 Å². The van der Waals surface area contributed by atoms with E-state index in [1.807, 2.05) is 79.7 Å². The molecule has 0 fully saturated rings. The Balaban J connectivity index is 1.82. The van der Waals surface area contributed by atoms with Gasteiger partial charge < -0.3 is 5.32 Å². The van der Waals surface area contributed by atoms with Crippen LogP contribution in [0.15, 0.2) is 106 Å². The fraction of sp³-hybridized carbons (Fsp3) is 0.0417. The van der Waals surface area contributed by atoms with Gasteiger partial charge in [-0.25, -0.2) is 0 Å². The van der Waals surface area contributed by atoms with Gasteiger partial charge in [-0.2, -0.15) is 8.42 Å². The lowest BCUT2D eigenvalue weighted by Gasteiger charge is -2.13. The SMILES string of the molecule is Cc1ccc(S(=O)(=O)/N=C(\Nc2cccc3ccccc23)c2ccccc2)cc1. The number of nitrogens with one attached hydrogen (secondary N) is 1. The van der Waals surface area contributed by atoms with Crippen molar-refractivity contribution < 1.29 is 8.42 Å². The molecule has 0 aliphatic heterocycles. The summed E-state index contributed by atoms with van der Waals surface area (Å²) in [6.07, 6.45) is 0. The van der Waals surface area contributed by atoms with Gasteiger partial charge >= 0.3 is 0 Å². The highest BCUT2D eigenvalue weighted by molar-refractivity contribution is 7.90. The molecule has 0 aliphatic carbocycles. The van der Waals surface area contributed by atoms with Crippen LogP contribution in [0.1, 0.15) is 11.1 Å². The highest BCUT2D eigenvalue weighted by Gasteiger charge is 2.16. The fourth-order valence-electron chi connectivity index (χ4n) is 3.09. The molecule has 4 rings (SSSR count). The third-order valence-corrected chi connectivity index (χ3v) is 5.91. The minimum atomic E-state index is -3.87. The van der Waals surface area contributed by atoms with Crippen molar-refractivity contribution in [3.63, 3.8) is 0 Å². The minimum Gasteiger partial charge on any atom is -0.339 e. The smallest absolute Gasteiger partial charge is 0.284 e. The number of rotatable bonds is 4. The quantitative estimate of drug-likeness (QED) is 0.369. The number of hydrogen-bond donors (Lipinski definition) is 1. The second-order valence-electron chi connectivity index (χ2n) is 6.75. The van der Waals surface area contributed by atoms with Crippen molar-refractivity contribution in [2.45, 2.75) is 11.8 Å². The van der Waals surface area contributed by atoms with Gasteiger partial charge in [0, 0.05) is 16.6 Å². The maximum absolute atomic E-state index is 13.0. The molecule has 0 bridgehead atoms. The largest absolute Gasteiger partial charge is 0.339 e. The van der Waals surface area contributed by atoms with Gasteiger partial charge in [0.15, 0.2) is 5.84 Å². The molecule has 29 heavy (non-hydrogen) atoms. The molecule has 1 N–H and O–H groups in total. The van der Waals surface area contributed by atoms with Gasteiger partial charge in [-0.05, 0) is 30.5 Å². The van der Waals surface area contributed by atoms with E-state index in [4.69, 9.17) is 0 Å². The van der Waals surface area contributed by atoms with Gasteiger partial charge in [-0.1, -0.05) is 84.4 Å². The first-order valence-corrected chi connectivity index (χ1v) is 10.7. The maximum atomic E-state index is 13.0. The molecule has 144 valence electrons. The van der Waals surface area contributed by atoms with E-state index in [0.29, 0.717) is 5.56 Å². The van der Waals surface area contributed by atoms with Crippen LogP contribution in [0, 0.1) is 6.92 Å². The Morgan fingerprint density at radius 2 is 1.41 bits per heavy atom. The first kappa shape index (κ1) is 18.9. The van der Waals surface area contributed by atoms with E-state index in [0.717, 1.165) is 22.0 Å². The Hall–Kier alpha value is -3.44. The molecule has 4 aromatic rings. The lowest BCUT2D eigenvalue weighted by molar-refractivity contribution is 0.598. The van der Waals surface area contributed by atoms with Gasteiger partial charge in [-0.3, -0.25) is 0 Å². The molecule has 0 amide bonds. The van der Waals surface area contributed by atoms with Crippen molar-refractivity contribution in [1.82, 2.24) is 0 Å². The Morgan fingerprint density at radius 1 is 0.759 bits per heavy atom. The zero-order chi connectivity index (χ0) is 20.3. The lowest BCUT2D eigenvalue weighted by atomic mass is 10.1. The average molecular weight is 401 g/mol. The van der Waals surface area contributed by atoms with Crippen LogP contribution >= 0.6 is 0 Å². The topological polar surface area (TPSA) is 58.5 Å². The van der Waals surface area contributed by atoms with Crippen LogP contribution in [0.3, 0.4) is 0 Å². The monoisotopic (exact) mass is 400 g/mol. The van der Waals surface area contributed by atoms with E-state index in [9.17, 15) is 8.42 Å². The van der Waals surface area contributed by atoms with E-state index in [2.05, 4.69) is 9.71 Å². The third-order valence-electron chi connectivity index (χ3n) is 4.62. The Kier molecular flexibility index (Phi) is 5.14. The molecule has 0 saturated heterocycles. The van der Waals surface area contributed by atoms with Crippen LogP contribution < -0.4 is 5.32 Å². The molecule has 5 heteroatoms. The lowest BCUT2D eigenvalue weighted by Crippen LogP contribution is -2.16. The molecule has 0 spiro atoms. The Morgan fingerprint density at radius 3 is 2.17 bits per heavy atom. The number of fused-ring (bicyclic) bond motifs is 1. The number of hydrogen-bond acceptors (Lipinski definition) is 2. The predicted octanol–water partition coefficient (Wildman–Crippen LogP) is 5.40. The first-order chi connectivity index (χ1) is 14.0. The summed E-state index contributed by atoms with van der Waals surface area (Å²) in [5.74, 6) is 0.280. The molecule has 0 aliphatic rings. The van der Waals surface area contributed by atoms with Crippen LogP contribution in [0.2, 0.25) is 0 Å². The van der Waals surface area contributed by atoms with E-state index >= 15 is 0 Å². The molecule has 0 radical (unpaired) electrons. The number of benzene rings is 4. The van der Waals surface area contributed by atoms with Gasteiger partial charge in [0.25, 0.3) is 10.0 Å². The molecule has 0 aromatic heterocycles. The first-order valence-electron chi connectivity index (χ1n) is 9.25.